The van der Waals surface area contributed by atoms with E-state index in [1.165, 1.54) is 16.8 Å². The molecule has 0 saturated carbocycles. The van der Waals surface area contributed by atoms with E-state index in [4.69, 9.17) is 4.74 Å². The van der Waals surface area contributed by atoms with Crippen LogP contribution in [0.1, 0.15) is 11.1 Å². The summed E-state index contributed by atoms with van der Waals surface area (Å²) in [6, 6.07) is 10.5. The normalized spacial score (nSPS) is 14.7. The Balaban J connectivity index is 1.62. The van der Waals surface area contributed by atoms with Crippen LogP contribution in [-0.2, 0) is 13.1 Å². The second kappa shape index (κ2) is 7.94. The summed E-state index contributed by atoms with van der Waals surface area (Å²) in [6.45, 7) is 5.72. The van der Waals surface area contributed by atoms with Gasteiger partial charge in [-0.05, 0) is 29.3 Å². The number of rotatable bonds is 6. The summed E-state index contributed by atoms with van der Waals surface area (Å²) in [5.41, 5.74) is 3.60. The minimum atomic E-state index is 0.813. The Kier molecular flexibility index (Phi) is 5.45. The summed E-state index contributed by atoms with van der Waals surface area (Å²) in [7, 11) is 1.74. The van der Waals surface area contributed by atoms with Gasteiger partial charge in [0.25, 0.3) is 0 Å². The van der Waals surface area contributed by atoms with E-state index in [1.54, 1.807) is 13.3 Å². The number of pyridine rings is 1. The van der Waals surface area contributed by atoms with Crippen LogP contribution in [0.4, 0.5) is 5.69 Å². The van der Waals surface area contributed by atoms with Crippen molar-refractivity contribution in [2.45, 2.75) is 13.1 Å². The molecule has 0 radical (unpaired) electrons. The van der Waals surface area contributed by atoms with Crippen molar-refractivity contribution >= 4 is 5.69 Å². The monoisotopic (exact) mass is 312 g/mol. The molecule has 1 aromatic heterocycles. The average molecular weight is 312 g/mol. The van der Waals surface area contributed by atoms with Gasteiger partial charge in [-0.1, -0.05) is 12.1 Å². The number of methoxy groups -OCH3 is 1. The van der Waals surface area contributed by atoms with E-state index < -0.39 is 0 Å². The Labute approximate surface area is 137 Å². The van der Waals surface area contributed by atoms with Gasteiger partial charge in [0.2, 0.25) is 0 Å². The zero-order valence-corrected chi connectivity index (χ0v) is 13.6. The number of nitrogens with zero attached hydrogens (tertiary/aromatic N) is 2. The largest absolute Gasteiger partial charge is 0.495 e. The fraction of sp³-hybridized carbons (Fsp3) is 0.389. The number of anilines is 1. The molecule has 0 unspecified atom stereocenters. The predicted octanol–water partition coefficient (Wildman–Crippen LogP) is 1.79. The third-order valence-corrected chi connectivity index (χ3v) is 4.08. The first-order chi connectivity index (χ1) is 11.4. The molecular weight excluding hydrogens is 288 g/mol. The van der Waals surface area contributed by atoms with Crippen LogP contribution < -0.4 is 20.3 Å². The van der Waals surface area contributed by atoms with E-state index in [-0.39, 0.29) is 0 Å². The molecule has 1 aliphatic heterocycles. The van der Waals surface area contributed by atoms with Crippen molar-refractivity contribution in [3.63, 3.8) is 0 Å². The van der Waals surface area contributed by atoms with Crippen molar-refractivity contribution in [3.8, 4) is 5.75 Å². The van der Waals surface area contributed by atoms with Gasteiger partial charge in [-0.25, -0.2) is 0 Å². The van der Waals surface area contributed by atoms with E-state index in [0.29, 0.717) is 0 Å². The molecule has 2 aromatic rings. The molecule has 5 heteroatoms. The van der Waals surface area contributed by atoms with Crippen molar-refractivity contribution < 1.29 is 4.74 Å². The van der Waals surface area contributed by atoms with E-state index in [9.17, 15) is 0 Å². The molecule has 0 amide bonds. The van der Waals surface area contributed by atoms with Gasteiger partial charge in [0.1, 0.15) is 5.75 Å². The maximum atomic E-state index is 5.60. The highest BCUT2D eigenvalue weighted by Crippen LogP contribution is 2.29. The minimum Gasteiger partial charge on any atom is -0.495 e. The molecule has 1 aromatic carbocycles. The van der Waals surface area contributed by atoms with Crippen molar-refractivity contribution in [1.29, 1.82) is 0 Å². The number of hydrogen-bond donors (Lipinski definition) is 2. The van der Waals surface area contributed by atoms with Gasteiger partial charge >= 0.3 is 0 Å². The summed E-state index contributed by atoms with van der Waals surface area (Å²) in [6.07, 6.45) is 3.68. The first kappa shape index (κ1) is 15.8. The van der Waals surface area contributed by atoms with Crippen LogP contribution in [0.25, 0.3) is 0 Å². The average Bonchev–Trinajstić information content (AvgIpc) is 2.63. The molecule has 0 bridgehead atoms. The zero-order chi connectivity index (χ0) is 15.9. The molecule has 0 aliphatic carbocycles. The van der Waals surface area contributed by atoms with Gasteiger partial charge in [0.15, 0.2) is 0 Å². The second-order valence-electron chi connectivity index (χ2n) is 5.71. The van der Waals surface area contributed by atoms with Gasteiger partial charge in [0.05, 0.1) is 12.8 Å². The van der Waals surface area contributed by atoms with E-state index in [0.717, 1.165) is 45.0 Å². The van der Waals surface area contributed by atoms with Crippen molar-refractivity contribution in [2.75, 3.05) is 38.2 Å². The van der Waals surface area contributed by atoms with Crippen molar-refractivity contribution in [3.05, 3.63) is 53.9 Å². The summed E-state index contributed by atoms with van der Waals surface area (Å²) in [5, 5.41) is 6.83. The number of hydrogen-bond acceptors (Lipinski definition) is 5. The van der Waals surface area contributed by atoms with Crippen LogP contribution in [0.2, 0.25) is 0 Å². The van der Waals surface area contributed by atoms with Crippen molar-refractivity contribution in [1.82, 2.24) is 15.6 Å². The third-order valence-electron chi connectivity index (χ3n) is 4.08. The molecule has 2 heterocycles. The molecule has 1 aliphatic rings. The molecule has 0 atom stereocenters. The Morgan fingerprint density at radius 3 is 2.74 bits per heavy atom. The van der Waals surface area contributed by atoms with Gasteiger partial charge in [-0.3, -0.25) is 4.98 Å². The molecule has 0 spiro atoms. The number of ether oxygens (including phenoxy) is 1. The van der Waals surface area contributed by atoms with E-state index >= 15 is 0 Å². The highest BCUT2D eigenvalue weighted by molar-refractivity contribution is 5.60. The number of aromatic nitrogens is 1. The highest BCUT2D eigenvalue weighted by Gasteiger charge is 2.15. The maximum Gasteiger partial charge on any atom is 0.142 e. The highest BCUT2D eigenvalue weighted by atomic mass is 16.5. The lowest BCUT2D eigenvalue weighted by Gasteiger charge is -2.30. The smallest absolute Gasteiger partial charge is 0.142 e. The Hall–Kier alpha value is -2.11. The molecule has 122 valence electrons. The quantitative estimate of drug-likeness (QED) is 0.852. The number of benzene rings is 1. The SMILES string of the molecule is COc1cc(CNCc2cccnc2)ccc1N1CCNCC1. The predicted molar refractivity (Wildman–Crippen MR) is 92.9 cm³/mol. The standard InChI is InChI=1S/C18H24N4O/c1-23-18-11-15(12-21-14-16-3-2-6-20-13-16)4-5-17(18)22-9-7-19-8-10-22/h2-6,11,13,19,21H,7-10,12,14H2,1H3. The lowest BCUT2D eigenvalue weighted by molar-refractivity contribution is 0.412. The van der Waals surface area contributed by atoms with Gasteiger partial charge in [-0.2, -0.15) is 0 Å². The molecule has 3 rings (SSSR count). The van der Waals surface area contributed by atoms with E-state index in [2.05, 4.69) is 44.8 Å². The summed E-state index contributed by atoms with van der Waals surface area (Å²) in [4.78, 5) is 6.51. The molecule has 1 fully saturated rings. The molecule has 2 N–H and O–H groups in total. The van der Waals surface area contributed by atoms with Crippen LogP contribution in [0, 0.1) is 0 Å². The van der Waals surface area contributed by atoms with Gasteiger partial charge < -0.3 is 20.3 Å². The topological polar surface area (TPSA) is 49.4 Å². The Morgan fingerprint density at radius 2 is 2.00 bits per heavy atom. The van der Waals surface area contributed by atoms with E-state index in [1.807, 2.05) is 12.3 Å². The summed E-state index contributed by atoms with van der Waals surface area (Å²) < 4.78 is 5.60. The first-order valence-electron chi connectivity index (χ1n) is 8.09. The van der Waals surface area contributed by atoms with Gasteiger partial charge in [0, 0.05) is 51.7 Å². The lowest BCUT2D eigenvalue weighted by atomic mass is 10.1. The Morgan fingerprint density at radius 1 is 1.17 bits per heavy atom. The fourth-order valence-electron chi connectivity index (χ4n) is 2.85. The van der Waals surface area contributed by atoms with Crippen LogP contribution in [0.15, 0.2) is 42.7 Å². The second-order valence-corrected chi connectivity index (χ2v) is 5.71. The minimum absolute atomic E-state index is 0.813. The first-order valence-corrected chi connectivity index (χ1v) is 8.09. The molecule has 5 nitrogen and oxygen atoms in total. The van der Waals surface area contributed by atoms with Crippen LogP contribution >= 0.6 is 0 Å². The lowest BCUT2D eigenvalue weighted by Crippen LogP contribution is -2.43. The molecular formula is C18H24N4O. The molecule has 23 heavy (non-hydrogen) atoms. The van der Waals surface area contributed by atoms with Gasteiger partial charge in [-0.15, -0.1) is 0 Å². The molecule has 1 saturated heterocycles. The third kappa shape index (κ3) is 4.21. The Bertz CT molecular complexity index is 612. The zero-order valence-electron chi connectivity index (χ0n) is 13.6. The number of nitrogens with one attached hydrogen (secondary N) is 2. The maximum absolute atomic E-state index is 5.60. The van der Waals surface area contributed by atoms with Crippen LogP contribution in [0.3, 0.4) is 0 Å². The van der Waals surface area contributed by atoms with Crippen molar-refractivity contribution in [2.24, 2.45) is 0 Å². The fourth-order valence-corrected chi connectivity index (χ4v) is 2.85. The van der Waals surface area contributed by atoms with Crippen LogP contribution in [-0.4, -0.2) is 38.3 Å². The summed E-state index contributed by atoms with van der Waals surface area (Å²) >= 11 is 0. The number of piperazine rings is 1. The van der Waals surface area contributed by atoms with Crippen LogP contribution in [0.5, 0.6) is 5.75 Å². The summed E-state index contributed by atoms with van der Waals surface area (Å²) in [5.74, 6) is 0.951.